The van der Waals surface area contributed by atoms with E-state index in [1.165, 1.54) is 12.8 Å². The van der Waals surface area contributed by atoms with E-state index in [0.29, 0.717) is 6.04 Å². The number of hydrogen-bond donors (Lipinski definition) is 2. The van der Waals surface area contributed by atoms with Crippen molar-refractivity contribution in [2.45, 2.75) is 46.1 Å². The third kappa shape index (κ3) is 3.40. The van der Waals surface area contributed by atoms with Gasteiger partial charge >= 0.3 is 0 Å². The minimum Gasteiger partial charge on any atom is -0.380 e. The van der Waals surface area contributed by atoms with Crippen LogP contribution in [0.4, 0.5) is 5.69 Å². The van der Waals surface area contributed by atoms with Gasteiger partial charge in [0, 0.05) is 12.2 Å². The molecule has 0 spiro atoms. The van der Waals surface area contributed by atoms with Crippen molar-refractivity contribution in [1.29, 1.82) is 0 Å². The second kappa shape index (κ2) is 5.68. The van der Waals surface area contributed by atoms with Gasteiger partial charge in [0.25, 0.3) is 0 Å². The van der Waals surface area contributed by atoms with Crippen molar-refractivity contribution in [1.82, 2.24) is 10.2 Å². The van der Waals surface area contributed by atoms with Crippen LogP contribution in [0.25, 0.3) is 0 Å². The van der Waals surface area contributed by atoms with E-state index in [1.54, 1.807) is 0 Å². The van der Waals surface area contributed by atoms with Gasteiger partial charge in [0.05, 0.1) is 11.9 Å². The molecule has 14 heavy (non-hydrogen) atoms. The predicted octanol–water partition coefficient (Wildman–Crippen LogP) is 3.04. The van der Waals surface area contributed by atoms with E-state index in [1.807, 2.05) is 12.4 Å². The van der Waals surface area contributed by atoms with Crippen molar-refractivity contribution >= 4 is 5.69 Å². The molecule has 0 aliphatic heterocycles. The minimum absolute atomic E-state index is 0.572. The third-order valence-electron chi connectivity index (χ3n) is 2.75. The van der Waals surface area contributed by atoms with Gasteiger partial charge in [0.1, 0.15) is 0 Å². The van der Waals surface area contributed by atoms with Crippen LogP contribution in [0.1, 0.15) is 40.0 Å². The van der Waals surface area contributed by atoms with Gasteiger partial charge in [-0.05, 0) is 18.8 Å². The number of aromatic nitrogens is 2. The fraction of sp³-hybridized carbons (Fsp3) is 0.727. The summed E-state index contributed by atoms with van der Waals surface area (Å²) in [7, 11) is 0. The Labute approximate surface area is 86.3 Å². The Morgan fingerprint density at radius 1 is 1.43 bits per heavy atom. The molecule has 3 heteroatoms. The van der Waals surface area contributed by atoms with E-state index in [-0.39, 0.29) is 0 Å². The number of nitrogens with zero attached hydrogens (tertiary/aromatic N) is 1. The molecule has 0 bridgehead atoms. The smallest absolute Gasteiger partial charge is 0.0725 e. The summed E-state index contributed by atoms with van der Waals surface area (Å²) in [6.45, 7) is 6.77. The predicted molar refractivity (Wildman–Crippen MR) is 60.4 cm³/mol. The first-order valence-electron chi connectivity index (χ1n) is 5.51. The topological polar surface area (TPSA) is 40.7 Å². The molecule has 0 aliphatic rings. The third-order valence-corrected chi connectivity index (χ3v) is 2.75. The maximum Gasteiger partial charge on any atom is 0.0725 e. The summed E-state index contributed by atoms with van der Waals surface area (Å²) in [5, 5.41) is 10.2. The summed E-state index contributed by atoms with van der Waals surface area (Å²) in [6, 6.07) is 0.572. The van der Waals surface area contributed by atoms with Crippen LogP contribution in [-0.4, -0.2) is 16.2 Å². The lowest BCUT2D eigenvalue weighted by Crippen LogP contribution is -2.20. The Bertz CT molecular complexity index is 231. The quantitative estimate of drug-likeness (QED) is 0.732. The van der Waals surface area contributed by atoms with Crippen LogP contribution in [0, 0.1) is 5.92 Å². The van der Waals surface area contributed by atoms with Crippen LogP contribution in [0.15, 0.2) is 12.4 Å². The Morgan fingerprint density at radius 3 is 2.71 bits per heavy atom. The first-order valence-corrected chi connectivity index (χ1v) is 5.51. The highest BCUT2D eigenvalue weighted by Gasteiger charge is 2.10. The average molecular weight is 195 g/mol. The summed E-state index contributed by atoms with van der Waals surface area (Å²) in [6.07, 6.45) is 7.38. The van der Waals surface area contributed by atoms with Crippen LogP contribution in [0.2, 0.25) is 0 Å². The second-order valence-corrected chi connectivity index (χ2v) is 3.99. The highest BCUT2D eigenvalue weighted by atomic mass is 15.1. The molecule has 1 heterocycles. The average Bonchev–Trinajstić information content (AvgIpc) is 2.69. The van der Waals surface area contributed by atoms with Gasteiger partial charge in [-0.1, -0.05) is 27.2 Å². The number of hydrogen-bond acceptors (Lipinski definition) is 2. The van der Waals surface area contributed by atoms with Gasteiger partial charge in [-0.3, -0.25) is 5.10 Å². The van der Waals surface area contributed by atoms with Gasteiger partial charge in [0.2, 0.25) is 0 Å². The Morgan fingerprint density at radius 2 is 2.21 bits per heavy atom. The molecule has 2 atom stereocenters. The maximum absolute atomic E-state index is 3.92. The molecule has 0 saturated carbocycles. The van der Waals surface area contributed by atoms with Gasteiger partial charge in [-0.25, -0.2) is 0 Å². The maximum atomic E-state index is 3.92. The molecule has 2 N–H and O–H groups in total. The van der Waals surface area contributed by atoms with Crippen LogP contribution in [0.5, 0.6) is 0 Å². The molecular formula is C11H21N3. The number of rotatable bonds is 6. The van der Waals surface area contributed by atoms with E-state index < -0.39 is 0 Å². The molecule has 1 rings (SSSR count). The molecule has 0 fully saturated rings. The number of anilines is 1. The van der Waals surface area contributed by atoms with E-state index >= 15 is 0 Å². The summed E-state index contributed by atoms with van der Waals surface area (Å²) in [4.78, 5) is 0. The molecular weight excluding hydrogens is 174 g/mol. The molecule has 1 aromatic rings. The lowest BCUT2D eigenvalue weighted by molar-refractivity contribution is 0.462. The van der Waals surface area contributed by atoms with Gasteiger partial charge in [-0.15, -0.1) is 0 Å². The van der Waals surface area contributed by atoms with Crippen molar-refractivity contribution in [2.24, 2.45) is 5.92 Å². The van der Waals surface area contributed by atoms with Gasteiger partial charge in [-0.2, -0.15) is 5.10 Å². The zero-order valence-electron chi connectivity index (χ0n) is 9.38. The Balaban J connectivity index is 2.39. The lowest BCUT2D eigenvalue weighted by Gasteiger charge is -2.20. The van der Waals surface area contributed by atoms with Crippen LogP contribution >= 0.6 is 0 Å². The second-order valence-electron chi connectivity index (χ2n) is 3.99. The first-order chi connectivity index (χ1) is 6.76. The fourth-order valence-electron chi connectivity index (χ4n) is 1.55. The zero-order chi connectivity index (χ0) is 10.4. The zero-order valence-corrected chi connectivity index (χ0v) is 9.38. The summed E-state index contributed by atoms with van der Waals surface area (Å²) in [5.41, 5.74) is 1.10. The number of nitrogens with one attached hydrogen (secondary N) is 2. The monoisotopic (exact) mass is 195 g/mol. The van der Waals surface area contributed by atoms with E-state index in [9.17, 15) is 0 Å². The van der Waals surface area contributed by atoms with Crippen molar-refractivity contribution in [2.75, 3.05) is 5.32 Å². The summed E-state index contributed by atoms with van der Waals surface area (Å²) >= 11 is 0. The highest BCUT2D eigenvalue weighted by Crippen LogP contribution is 2.16. The molecule has 0 aromatic carbocycles. The summed E-state index contributed by atoms with van der Waals surface area (Å²) in [5.74, 6) is 0.791. The first kappa shape index (κ1) is 11.1. The van der Waals surface area contributed by atoms with Crippen LogP contribution in [0.3, 0.4) is 0 Å². The van der Waals surface area contributed by atoms with E-state index in [2.05, 4.69) is 36.3 Å². The molecule has 0 saturated heterocycles. The summed E-state index contributed by atoms with van der Waals surface area (Å²) < 4.78 is 0. The fourth-order valence-corrected chi connectivity index (χ4v) is 1.55. The molecule has 80 valence electrons. The molecule has 3 nitrogen and oxygen atoms in total. The van der Waals surface area contributed by atoms with Gasteiger partial charge < -0.3 is 5.32 Å². The molecule has 0 radical (unpaired) electrons. The molecule has 1 aromatic heterocycles. The highest BCUT2D eigenvalue weighted by molar-refractivity contribution is 5.38. The SMILES string of the molecule is CCC(C)CC(CC)Nc1cn[nH]c1. The van der Waals surface area contributed by atoms with Gasteiger partial charge in [0.15, 0.2) is 0 Å². The Hall–Kier alpha value is -0.990. The van der Waals surface area contributed by atoms with Crippen molar-refractivity contribution < 1.29 is 0 Å². The largest absolute Gasteiger partial charge is 0.380 e. The standard InChI is InChI=1S/C11H21N3/c1-4-9(3)6-10(5-2)14-11-7-12-13-8-11/h7-10,14H,4-6H2,1-3H3,(H,12,13). The van der Waals surface area contributed by atoms with E-state index in [4.69, 9.17) is 0 Å². The van der Waals surface area contributed by atoms with Crippen LogP contribution in [-0.2, 0) is 0 Å². The minimum atomic E-state index is 0.572. The Kier molecular flexibility index (Phi) is 4.50. The van der Waals surface area contributed by atoms with Crippen molar-refractivity contribution in [3.63, 3.8) is 0 Å². The van der Waals surface area contributed by atoms with Crippen molar-refractivity contribution in [3.05, 3.63) is 12.4 Å². The molecule has 0 aliphatic carbocycles. The van der Waals surface area contributed by atoms with Crippen molar-refractivity contribution in [3.8, 4) is 0 Å². The molecule has 0 amide bonds. The van der Waals surface area contributed by atoms with Crippen LogP contribution < -0.4 is 5.32 Å². The number of aromatic amines is 1. The lowest BCUT2D eigenvalue weighted by atomic mass is 9.98. The number of H-pyrrole nitrogens is 1. The normalized spacial score (nSPS) is 15.1. The van der Waals surface area contributed by atoms with E-state index in [0.717, 1.165) is 18.0 Å². The molecule has 2 unspecified atom stereocenters.